The molecule has 2 N–H and O–H groups in total. The van der Waals surface area contributed by atoms with Crippen molar-refractivity contribution in [3.05, 3.63) is 48.5 Å². The zero-order chi connectivity index (χ0) is 19.3. The van der Waals surface area contributed by atoms with Crippen molar-refractivity contribution in [2.45, 2.75) is 0 Å². The number of methoxy groups -OCH3 is 1. The van der Waals surface area contributed by atoms with E-state index in [1.54, 1.807) is 7.11 Å². The van der Waals surface area contributed by atoms with Crippen molar-refractivity contribution in [2.75, 3.05) is 61.6 Å². The first kappa shape index (κ1) is 21.0. The van der Waals surface area contributed by atoms with E-state index < -0.39 is 0 Å². The summed E-state index contributed by atoms with van der Waals surface area (Å²) in [6.45, 7) is 4.04. The smallest absolute Gasteiger partial charge is 0.228 e. The molecular weight excluding hydrogens is 390 g/mol. The molecule has 1 aliphatic rings. The van der Waals surface area contributed by atoms with Crippen LogP contribution in [0.4, 0.5) is 17.5 Å². The van der Waals surface area contributed by atoms with Gasteiger partial charge >= 0.3 is 0 Å². The first-order chi connectivity index (χ1) is 13.8. The third-order valence-electron chi connectivity index (χ3n) is 5.00. The van der Waals surface area contributed by atoms with Gasteiger partial charge in [-0.15, -0.1) is 12.4 Å². The summed E-state index contributed by atoms with van der Waals surface area (Å²) in [6, 6.07) is 16.1. The number of nitrogens with zero attached hydrogens (tertiary/aromatic N) is 4. The van der Waals surface area contributed by atoms with E-state index in [0.29, 0.717) is 6.54 Å². The molecule has 0 radical (unpaired) electrons. The van der Waals surface area contributed by atoms with Gasteiger partial charge in [0.2, 0.25) is 5.95 Å². The van der Waals surface area contributed by atoms with Crippen molar-refractivity contribution in [1.82, 2.24) is 9.97 Å². The van der Waals surface area contributed by atoms with Crippen molar-refractivity contribution >= 4 is 40.8 Å². The van der Waals surface area contributed by atoms with E-state index in [-0.39, 0.29) is 19.0 Å². The summed E-state index contributed by atoms with van der Waals surface area (Å²) in [7, 11) is 1.68. The average Bonchev–Trinajstić information content (AvgIpc) is 2.77. The highest BCUT2D eigenvalue weighted by Gasteiger charge is 2.20. The molecule has 1 aromatic heterocycles. The highest BCUT2D eigenvalue weighted by atomic mass is 35.5. The molecule has 0 bridgehead atoms. The molecule has 1 saturated heterocycles. The Morgan fingerprint density at radius 2 is 1.66 bits per heavy atom. The Hall–Kier alpha value is -2.77. The van der Waals surface area contributed by atoms with Crippen LogP contribution in [0.1, 0.15) is 0 Å². The molecule has 1 aliphatic heterocycles. The Morgan fingerprint density at radius 1 is 0.966 bits per heavy atom. The summed E-state index contributed by atoms with van der Waals surface area (Å²) < 4.78 is 5.24. The standard InChI is InChI=1S/C21H25N5O2.ClH/c1-28-17-8-6-16(7-9-17)25-11-13-26(14-12-25)21-23-19-5-3-2-4-18(19)20(24-21)22-10-15-27;/h2-9,27H,10-15H2,1H3,(H,22,23,24);1H. The average molecular weight is 416 g/mol. The summed E-state index contributed by atoms with van der Waals surface area (Å²) in [5.74, 6) is 2.37. The van der Waals surface area contributed by atoms with Crippen molar-refractivity contribution in [2.24, 2.45) is 0 Å². The number of aliphatic hydroxyl groups is 1. The Labute approximate surface area is 176 Å². The maximum Gasteiger partial charge on any atom is 0.228 e. The van der Waals surface area contributed by atoms with Crippen molar-refractivity contribution in [3.63, 3.8) is 0 Å². The Balaban J connectivity index is 0.00000240. The van der Waals surface area contributed by atoms with Crippen LogP contribution in [0.25, 0.3) is 10.9 Å². The first-order valence-corrected chi connectivity index (χ1v) is 9.54. The SMILES string of the molecule is COc1ccc(N2CCN(c3nc(NCCO)c4ccccc4n3)CC2)cc1.Cl. The molecule has 2 aromatic carbocycles. The van der Waals surface area contributed by atoms with Crippen LogP contribution in [0.15, 0.2) is 48.5 Å². The Bertz CT molecular complexity index is 930. The van der Waals surface area contributed by atoms with Crippen LogP contribution in [-0.2, 0) is 0 Å². The van der Waals surface area contributed by atoms with Gasteiger partial charge in [0.1, 0.15) is 11.6 Å². The van der Waals surface area contributed by atoms with Crippen LogP contribution in [0.3, 0.4) is 0 Å². The number of fused-ring (bicyclic) bond motifs is 1. The summed E-state index contributed by atoms with van der Waals surface area (Å²) >= 11 is 0. The van der Waals surface area contributed by atoms with Crippen molar-refractivity contribution < 1.29 is 9.84 Å². The van der Waals surface area contributed by atoms with Gasteiger partial charge in [-0.05, 0) is 36.4 Å². The van der Waals surface area contributed by atoms with Crippen LogP contribution in [0.5, 0.6) is 5.75 Å². The summed E-state index contributed by atoms with van der Waals surface area (Å²) in [5, 5.41) is 13.3. The fourth-order valence-corrected chi connectivity index (χ4v) is 3.47. The molecule has 1 fully saturated rings. The number of rotatable bonds is 6. The van der Waals surface area contributed by atoms with Gasteiger partial charge in [0.05, 0.1) is 19.2 Å². The third kappa shape index (κ3) is 4.63. The lowest BCUT2D eigenvalue weighted by Gasteiger charge is -2.36. The number of anilines is 3. The maximum atomic E-state index is 9.16. The molecule has 0 spiro atoms. The molecule has 7 nitrogen and oxygen atoms in total. The number of para-hydroxylation sites is 1. The number of halogens is 1. The van der Waals surface area contributed by atoms with E-state index in [0.717, 1.165) is 54.6 Å². The fraction of sp³-hybridized carbons (Fsp3) is 0.333. The molecule has 2 heterocycles. The van der Waals surface area contributed by atoms with Gasteiger partial charge in [-0.1, -0.05) is 12.1 Å². The van der Waals surface area contributed by atoms with Gasteiger partial charge in [-0.3, -0.25) is 0 Å². The predicted octanol–water partition coefficient (Wildman–Crippen LogP) is 2.79. The van der Waals surface area contributed by atoms with Gasteiger partial charge in [0, 0.05) is 43.8 Å². The van der Waals surface area contributed by atoms with Crippen LogP contribution in [0.2, 0.25) is 0 Å². The van der Waals surface area contributed by atoms with Crippen LogP contribution >= 0.6 is 12.4 Å². The van der Waals surface area contributed by atoms with Crippen LogP contribution < -0.4 is 19.9 Å². The maximum absolute atomic E-state index is 9.16. The van der Waals surface area contributed by atoms with Crippen molar-refractivity contribution in [3.8, 4) is 5.75 Å². The number of aliphatic hydroxyl groups excluding tert-OH is 1. The number of piperazine rings is 1. The van der Waals surface area contributed by atoms with Crippen LogP contribution in [0, 0.1) is 0 Å². The second kappa shape index (κ2) is 9.62. The fourth-order valence-electron chi connectivity index (χ4n) is 3.47. The molecule has 4 rings (SSSR count). The van der Waals surface area contributed by atoms with E-state index >= 15 is 0 Å². The van der Waals surface area contributed by atoms with Crippen molar-refractivity contribution in [1.29, 1.82) is 0 Å². The summed E-state index contributed by atoms with van der Waals surface area (Å²) in [4.78, 5) is 14.1. The minimum atomic E-state index is 0. The number of ether oxygens (including phenoxy) is 1. The topological polar surface area (TPSA) is 73.8 Å². The zero-order valence-electron chi connectivity index (χ0n) is 16.4. The largest absolute Gasteiger partial charge is 0.497 e. The quantitative estimate of drug-likeness (QED) is 0.641. The predicted molar refractivity (Wildman–Crippen MR) is 120 cm³/mol. The Morgan fingerprint density at radius 3 is 2.34 bits per heavy atom. The number of benzene rings is 2. The van der Waals surface area contributed by atoms with Crippen LogP contribution in [-0.4, -0.2) is 61.5 Å². The van der Waals surface area contributed by atoms with E-state index in [1.165, 1.54) is 5.69 Å². The van der Waals surface area contributed by atoms with Gasteiger partial charge in [0.15, 0.2) is 0 Å². The molecule has 8 heteroatoms. The second-order valence-electron chi connectivity index (χ2n) is 6.71. The molecule has 3 aromatic rings. The zero-order valence-corrected chi connectivity index (χ0v) is 17.2. The van der Waals surface area contributed by atoms with E-state index in [9.17, 15) is 0 Å². The molecule has 29 heavy (non-hydrogen) atoms. The van der Waals surface area contributed by atoms with E-state index in [4.69, 9.17) is 19.8 Å². The lowest BCUT2D eigenvalue weighted by molar-refractivity contribution is 0.311. The third-order valence-corrected chi connectivity index (χ3v) is 5.00. The van der Waals surface area contributed by atoms with E-state index in [1.807, 2.05) is 36.4 Å². The number of nitrogens with one attached hydrogen (secondary N) is 1. The Kier molecular flexibility index (Phi) is 6.95. The molecule has 154 valence electrons. The minimum absolute atomic E-state index is 0. The number of hydrogen-bond donors (Lipinski definition) is 2. The van der Waals surface area contributed by atoms with Gasteiger partial charge < -0.3 is 25.0 Å². The number of hydrogen-bond acceptors (Lipinski definition) is 7. The van der Waals surface area contributed by atoms with E-state index in [2.05, 4.69) is 27.2 Å². The lowest BCUT2D eigenvalue weighted by Crippen LogP contribution is -2.47. The van der Waals surface area contributed by atoms with Gasteiger partial charge in [-0.25, -0.2) is 4.98 Å². The molecular formula is C21H26ClN5O2. The van der Waals surface area contributed by atoms with Gasteiger partial charge in [0.25, 0.3) is 0 Å². The summed E-state index contributed by atoms with van der Waals surface area (Å²) in [5.41, 5.74) is 2.11. The molecule has 0 unspecified atom stereocenters. The number of aromatic nitrogens is 2. The molecule has 0 amide bonds. The second-order valence-corrected chi connectivity index (χ2v) is 6.71. The lowest BCUT2D eigenvalue weighted by atomic mass is 10.2. The highest BCUT2D eigenvalue weighted by Crippen LogP contribution is 2.25. The monoisotopic (exact) mass is 415 g/mol. The summed E-state index contributed by atoms with van der Waals surface area (Å²) in [6.07, 6.45) is 0. The molecule has 0 aliphatic carbocycles. The molecule has 0 atom stereocenters. The highest BCUT2D eigenvalue weighted by molar-refractivity contribution is 5.90. The molecule has 0 saturated carbocycles. The minimum Gasteiger partial charge on any atom is -0.497 e. The normalized spacial score (nSPS) is 13.9. The first-order valence-electron chi connectivity index (χ1n) is 9.54. The van der Waals surface area contributed by atoms with Gasteiger partial charge in [-0.2, -0.15) is 4.98 Å².